The topological polar surface area (TPSA) is 48.0 Å². The van der Waals surface area contributed by atoms with Crippen LogP contribution in [0.4, 0.5) is 0 Å². The third kappa shape index (κ3) is 4.93. The van der Waals surface area contributed by atoms with Gasteiger partial charge in [-0.1, -0.05) is 13.8 Å². The quantitative estimate of drug-likeness (QED) is 0.739. The van der Waals surface area contributed by atoms with Gasteiger partial charge in [-0.05, 0) is 24.1 Å². The van der Waals surface area contributed by atoms with Crippen molar-refractivity contribution in [3.8, 4) is 11.5 Å². The molecule has 0 aliphatic rings. The smallest absolute Gasteiger partial charge is 0.257 e. The summed E-state index contributed by atoms with van der Waals surface area (Å²) >= 11 is 0. The maximum absolute atomic E-state index is 12.8. The molecule has 0 fully saturated rings. The average molecular weight is 295 g/mol. The molecule has 1 amide bonds. The van der Waals surface area contributed by atoms with E-state index in [4.69, 9.17) is 14.2 Å². The number of amides is 1. The summed E-state index contributed by atoms with van der Waals surface area (Å²) in [5, 5.41) is 0. The van der Waals surface area contributed by atoms with Crippen molar-refractivity contribution in [2.45, 2.75) is 13.8 Å². The number of benzene rings is 1. The molecule has 0 bridgehead atoms. The van der Waals surface area contributed by atoms with Crippen LogP contribution in [0.15, 0.2) is 18.2 Å². The Balaban J connectivity index is 3.05. The Morgan fingerprint density at radius 2 is 1.90 bits per heavy atom. The fraction of sp³-hybridized carbons (Fsp3) is 0.562. The summed E-state index contributed by atoms with van der Waals surface area (Å²) < 4.78 is 15.6. The molecule has 0 aliphatic heterocycles. The van der Waals surface area contributed by atoms with Crippen LogP contribution in [0.1, 0.15) is 24.2 Å². The summed E-state index contributed by atoms with van der Waals surface area (Å²) in [5.74, 6) is 1.49. The lowest BCUT2D eigenvalue weighted by Crippen LogP contribution is -2.37. The zero-order chi connectivity index (χ0) is 15.8. The Morgan fingerprint density at radius 1 is 1.19 bits per heavy atom. The van der Waals surface area contributed by atoms with Crippen molar-refractivity contribution in [2.75, 3.05) is 41.0 Å². The molecule has 0 aromatic heterocycles. The maximum atomic E-state index is 12.8. The Labute approximate surface area is 126 Å². The molecule has 0 N–H and O–H groups in total. The zero-order valence-electron chi connectivity index (χ0n) is 13.5. The van der Waals surface area contributed by atoms with Gasteiger partial charge >= 0.3 is 0 Å². The van der Waals surface area contributed by atoms with E-state index in [2.05, 4.69) is 13.8 Å². The van der Waals surface area contributed by atoms with E-state index in [0.29, 0.717) is 42.7 Å². The molecule has 5 nitrogen and oxygen atoms in total. The lowest BCUT2D eigenvalue weighted by molar-refractivity contribution is 0.0668. The van der Waals surface area contributed by atoms with Crippen LogP contribution in [0, 0.1) is 5.92 Å². The average Bonchev–Trinajstić information content (AvgIpc) is 2.49. The van der Waals surface area contributed by atoms with E-state index < -0.39 is 0 Å². The minimum absolute atomic E-state index is 0.0727. The number of hydrogen-bond donors (Lipinski definition) is 0. The molecule has 1 aromatic carbocycles. The fourth-order valence-electron chi connectivity index (χ4n) is 2.07. The third-order valence-corrected chi connectivity index (χ3v) is 3.08. The van der Waals surface area contributed by atoms with Crippen molar-refractivity contribution in [1.29, 1.82) is 0 Å². The Morgan fingerprint density at radius 3 is 2.43 bits per heavy atom. The molecule has 0 aliphatic carbocycles. The molecule has 0 unspecified atom stereocenters. The van der Waals surface area contributed by atoms with Crippen LogP contribution in [0.5, 0.6) is 11.5 Å². The maximum Gasteiger partial charge on any atom is 0.257 e. The zero-order valence-corrected chi connectivity index (χ0v) is 13.5. The fourth-order valence-corrected chi connectivity index (χ4v) is 2.07. The number of carbonyl (C=O) groups excluding carboxylic acids is 1. The second kappa shape index (κ2) is 8.52. The molecule has 0 heterocycles. The van der Waals surface area contributed by atoms with E-state index in [1.165, 1.54) is 0 Å². The second-order valence-corrected chi connectivity index (χ2v) is 5.20. The van der Waals surface area contributed by atoms with Crippen LogP contribution in [0.2, 0.25) is 0 Å². The molecular formula is C16H25NO4. The largest absolute Gasteiger partial charge is 0.497 e. The lowest BCUT2D eigenvalue weighted by atomic mass is 10.1. The monoisotopic (exact) mass is 295 g/mol. The predicted octanol–water partition coefficient (Wildman–Crippen LogP) is 2.45. The van der Waals surface area contributed by atoms with Crippen molar-refractivity contribution in [1.82, 2.24) is 4.90 Å². The summed E-state index contributed by atoms with van der Waals surface area (Å²) in [7, 11) is 4.76. The van der Waals surface area contributed by atoms with Crippen molar-refractivity contribution in [3.63, 3.8) is 0 Å². The number of ether oxygens (including phenoxy) is 3. The second-order valence-electron chi connectivity index (χ2n) is 5.20. The molecule has 21 heavy (non-hydrogen) atoms. The molecule has 1 rings (SSSR count). The molecular weight excluding hydrogens is 270 g/mol. The first-order valence-electron chi connectivity index (χ1n) is 7.03. The summed E-state index contributed by atoms with van der Waals surface area (Å²) in [6.45, 7) is 5.88. The van der Waals surface area contributed by atoms with E-state index in [1.54, 1.807) is 44.4 Å². The van der Waals surface area contributed by atoms with Gasteiger partial charge in [-0.25, -0.2) is 0 Å². The summed E-state index contributed by atoms with van der Waals surface area (Å²) in [6, 6.07) is 5.23. The molecule has 118 valence electrons. The summed E-state index contributed by atoms with van der Waals surface area (Å²) in [5.41, 5.74) is 0.508. The highest BCUT2D eigenvalue weighted by atomic mass is 16.5. The summed E-state index contributed by atoms with van der Waals surface area (Å²) in [4.78, 5) is 14.6. The first-order chi connectivity index (χ1) is 10.0. The van der Waals surface area contributed by atoms with Gasteiger partial charge in [0.1, 0.15) is 11.5 Å². The van der Waals surface area contributed by atoms with Gasteiger partial charge < -0.3 is 19.1 Å². The molecule has 0 atom stereocenters. The number of nitrogens with zero attached hydrogens (tertiary/aromatic N) is 1. The molecule has 0 saturated heterocycles. The van der Waals surface area contributed by atoms with E-state index in [0.717, 1.165) is 0 Å². The van der Waals surface area contributed by atoms with Crippen molar-refractivity contribution < 1.29 is 19.0 Å². The molecule has 5 heteroatoms. The molecule has 0 spiro atoms. The van der Waals surface area contributed by atoms with E-state index in [9.17, 15) is 4.79 Å². The minimum atomic E-state index is -0.0727. The highest BCUT2D eigenvalue weighted by Crippen LogP contribution is 2.25. The van der Waals surface area contributed by atoms with E-state index >= 15 is 0 Å². The first kappa shape index (κ1) is 17.3. The Bertz CT molecular complexity index is 460. The molecule has 1 aromatic rings. The SMILES string of the molecule is COCCN(CC(C)C)C(=O)c1cc(OC)ccc1OC. The minimum Gasteiger partial charge on any atom is -0.497 e. The highest BCUT2D eigenvalue weighted by molar-refractivity contribution is 5.97. The van der Waals surface area contributed by atoms with Gasteiger partial charge in [-0.3, -0.25) is 4.79 Å². The van der Waals surface area contributed by atoms with Gasteiger partial charge in [0, 0.05) is 20.2 Å². The Kier molecular flexibility index (Phi) is 7.02. The van der Waals surface area contributed by atoms with Gasteiger partial charge in [0.15, 0.2) is 0 Å². The third-order valence-electron chi connectivity index (χ3n) is 3.08. The van der Waals surface area contributed by atoms with Crippen LogP contribution >= 0.6 is 0 Å². The van der Waals surface area contributed by atoms with Gasteiger partial charge in [-0.2, -0.15) is 0 Å². The normalized spacial score (nSPS) is 10.6. The van der Waals surface area contributed by atoms with E-state index in [1.807, 2.05) is 0 Å². The van der Waals surface area contributed by atoms with Crippen molar-refractivity contribution >= 4 is 5.91 Å². The first-order valence-corrected chi connectivity index (χ1v) is 7.03. The molecule has 0 radical (unpaired) electrons. The number of carbonyl (C=O) groups is 1. The van der Waals surface area contributed by atoms with Crippen LogP contribution in [0.25, 0.3) is 0 Å². The van der Waals surface area contributed by atoms with Gasteiger partial charge in [-0.15, -0.1) is 0 Å². The van der Waals surface area contributed by atoms with Crippen LogP contribution in [-0.2, 0) is 4.74 Å². The summed E-state index contributed by atoms with van der Waals surface area (Å²) in [6.07, 6.45) is 0. The van der Waals surface area contributed by atoms with Crippen molar-refractivity contribution in [3.05, 3.63) is 23.8 Å². The van der Waals surface area contributed by atoms with Crippen LogP contribution < -0.4 is 9.47 Å². The number of rotatable bonds is 8. The lowest BCUT2D eigenvalue weighted by Gasteiger charge is -2.25. The van der Waals surface area contributed by atoms with Gasteiger partial charge in [0.05, 0.1) is 26.4 Å². The predicted molar refractivity (Wildman–Crippen MR) is 82.2 cm³/mol. The number of hydrogen-bond acceptors (Lipinski definition) is 4. The number of methoxy groups -OCH3 is 3. The standard InChI is InChI=1S/C16H25NO4/c1-12(2)11-17(8-9-19-3)16(18)14-10-13(20-4)6-7-15(14)21-5/h6-7,10,12H,8-9,11H2,1-5H3. The van der Waals surface area contributed by atoms with Gasteiger partial charge in [0.25, 0.3) is 5.91 Å². The van der Waals surface area contributed by atoms with Crippen LogP contribution in [0.3, 0.4) is 0 Å². The van der Waals surface area contributed by atoms with E-state index in [-0.39, 0.29) is 5.91 Å². The van der Waals surface area contributed by atoms with Gasteiger partial charge in [0.2, 0.25) is 0 Å². The van der Waals surface area contributed by atoms with Crippen LogP contribution in [-0.4, -0.2) is 51.8 Å². The Hall–Kier alpha value is -1.75. The highest BCUT2D eigenvalue weighted by Gasteiger charge is 2.21. The molecule has 0 saturated carbocycles. The van der Waals surface area contributed by atoms with Crippen molar-refractivity contribution in [2.24, 2.45) is 5.92 Å².